The van der Waals surface area contributed by atoms with Gasteiger partial charge in [-0.2, -0.15) is 0 Å². The van der Waals surface area contributed by atoms with Crippen molar-refractivity contribution < 1.29 is 9.52 Å². The molecule has 0 atom stereocenters. The standard InChI is InChI=1S/C11H20N2O2/c1-4-5-13(6-7-14)8-11-12-9(2)10(3)15-11/h14H,4-8H2,1-3H3. The summed E-state index contributed by atoms with van der Waals surface area (Å²) in [4.78, 5) is 6.47. The molecule has 0 unspecified atom stereocenters. The number of hydrogen-bond donors (Lipinski definition) is 1. The van der Waals surface area contributed by atoms with E-state index in [1.54, 1.807) is 0 Å². The van der Waals surface area contributed by atoms with Crippen molar-refractivity contribution >= 4 is 0 Å². The van der Waals surface area contributed by atoms with Gasteiger partial charge in [0.15, 0.2) is 0 Å². The molecule has 4 heteroatoms. The van der Waals surface area contributed by atoms with Crippen molar-refractivity contribution in [1.82, 2.24) is 9.88 Å². The maximum absolute atomic E-state index is 8.91. The largest absolute Gasteiger partial charge is 0.444 e. The monoisotopic (exact) mass is 212 g/mol. The molecule has 0 bridgehead atoms. The van der Waals surface area contributed by atoms with E-state index in [0.717, 1.165) is 30.3 Å². The van der Waals surface area contributed by atoms with E-state index in [4.69, 9.17) is 9.52 Å². The molecule has 1 rings (SSSR count). The maximum Gasteiger partial charge on any atom is 0.208 e. The molecule has 1 heterocycles. The summed E-state index contributed by atoms with van der Waals surface area (Å²) in [6.45, 7) is 8.48. The topological polar surface area (TPSA) is 49.5 Å². The van der Waals surface area contributed by atoms with Crippen LogP contribution < -0.4 is 0 Å². The normalized spacial score (nSPS) is 11.3. The van der Waals surface area contributed by atoms with Crippen molar-refractivity contribution in [1.29, 1.82) is 0 Å². The van der Waals surface area contributed by atoms with Crippen molar-refractivity contribution in [3.05, 3.63) is 17.3 Å². The van der Waals surface area contributed by atoms with Gasteiger partial charge in [-0.3, -0.25) is 4.90 Å². The van der Waals surface area contributed by atoms with E-state index in [1.165, 1.54) is 0 Å². The number of oxazole rings is 1. The molecule has 1 aromatic heterocycles. The first kappa shape index (κ1) is 12.2. The minimum absolute atomic E-state index is 0.179. The van der Waals surface area contributed by atoms with Gasteiger partial charge in [0.25, 0.3) is 0 Å². The van der Waals surface area contributed by atoms with Gasteiger partial charge in [-0.25, -0.2) is 4.98 Å². The van der Waals surface area contributed by atoms with Gasteiger partial charge < -0.3 is 9.52 Å². The van der Waals surface area contributed by atoms with Gasteiger partial charge in [-0.05, 0) is 26.8 Å². The Bertz CT molecular complexity index is 271. The Morgan fingerprint density at radius 1 is 1.33 bits per heavy atom. The van der Waals surface area contributed by atoms with Crippen molar-refractivity contribution in [3.63, 3.8) is 0 Å². The van der Waals surface area contributed by atoms with Crippen LogP contribution in [0.3, 0.4) is 0 Å². The zero-order valence-electron chi connectivity index (χ0n) is 9.79. The SMILES string of the molecule is CCCN(CCO)Cc1nc(C)c(C)o1. The van der Waals surface area contributed by atoms with Gasteiger partial charge in [-0.1, -0.05) is 6.92 Å². The number of aryl methyl sites for hydroxylation is 2. The molecule has 0 aromatic carbocycles. The second kappa shape index (κ2) is 5.88. The first-order valence-electron chi connectivity index (χ1n) is 5.43. The first-order valence-corrected chi connectivity index (χ1v) is 5.43. The van der Waals surface area contributed by atoms with Gasteiger partial charge >= 0.3 is 0 Å². The zero-order chi connectivity index (χ0) is 11.3. The number of aliphatic hydroxyl groups excluding tert-OH is 1. The molecule has 4 nitrogen and oxygen atoms in total. The molecule has 0 aliphatic rings. The van der Waals surface area contributed by atoms with Gasteiger partial charge in [0, 0.05) is 6.54 Å². The van der Waals surface area contributed by atoms with Crippen LogP contribution in [0.25, 0.3) is 0 Å². The van der Waals surface area contributed by atoms with Gasteiger partial charge in [0.2, 0.25) is 5.89 Å². The summed E-state index contributed by atoms with van der Waals surface area (Å²) in [5.41, 5.74) is 0.949. The number of hydrogen-bond acceptors (Lipinski definition) is 4. The fourth-order valence-corrected chi connectivity index (χ4v) is 1.53. The molecule has 0 aliphatic heterocycles. The minimum Gasteiger partial charge on any atom is -0.444 e. The molecule has 0 radical (unpaired) electrons. The van der Waals surface area contributed by atoms with Crippen LogP contribution in [-0.2, 0) is 6.54 Å². The fraction of sp³-hybridized carbons (Fsp3) is 0.727. The summed E-state index contributed by atoms with van der Waals surface area (Å²) >= 11 is 0. The average molecular weight is 212 g/mol. The van der Waals surface area contributed by atoms with Crippen LogP contribution in [0.5, 0.6) is 0 Å². The molecule has 0 saturated carbocycles. The molecular formula is C11H20N2O2. The van der Waals surface area contributed by atoms with Crippen LogP contribution >= 0.6 is 0 Å². The molecule has 1 N–H and O–H groups in total. The zero-order valence-corrected chi connectivity index (χ0v) is 9.79. The van der Waals surface area contributed by atoms with Crippen molar-refractivity contribution in [3.8, 4) is 0 Å². The lowest BCUT2D eigenvalue weighted by Crippen LogP contribution is -2.27. The maximum atomic E-state index is 8.91. The van der Waals surface area contributed by atoms with Gasteiger partial charge in [-0.15, -0.1) is 0 Å². The second-order valence-corrected chi connectivity index (χ2v) is 3.75. The lowest BCUT2D eigenvalue weighted by atomic mass is 10.4. The quantitative estimate of drug-likeness (QED) is 0.776. The summed E-state index contributed by atoms with van der Waals surface area (Å²) in [6.07, 6.45) is 1.07. The van der Waals surface area contributed by atoms with Crippen LogP contribution in [0.2, 0.25) is 0 Å². The highest BCUT2D eigenvalue weighted by molar-refractivity contribution is 5.05. The number of aromatic nitrogens is 1. The molecule has 0 saturated heterocycles. The highest BCUT2D eigenvalue weighted by Gasteiger charge is 2.10. The highest BCUT2D eigenvalue weighted by Crippen LogP contribution is 2.10. The summed E-state index contributed by atoms with van der Waals surface area (Å²) in [5.74, 6) is 1.62. The predicted molar refractivity (Wildman–Crippen MR) is 58.6 cm³/mol. The number of aliphatic hydroxyl groups is 1. The molecule has 0 amide bonds. The van der Waals surface area contributed by atoms with Crippen molar-refractivity contribution in [2.45, 2.75) is 33.7 Å². The summed E-state index contributed by atoms with van der Waals surface area (Å²) in [7, 11) is 0. The summed E-state index contributed by atoms with van der Waals surface area (Å²) in [6, 6.07) is 0. The lowest BCUT2D eigenvalue weighted by Gasteiger charge is -2.18. The Kier molecular flexibility index (Phi) is 4.78. The Morgan fingerprint density at radius 2 is 2.07 bits per heavy atom. The van der Waals surface area contributed by atoms with E-state index in [0.29, 0.717) is 13.1 Å². The Hall–Kier alpha value is -0.870. The first-order chi connectivity index (χ1) is 7.17. The van der Waals surface area contributed by atoms with Crippen LogP contribution in [0.1, 0.15) is 30.7 Å². The van der Waals surface area contributed by atoms with E-state index in [9.17, 15) is 0 Å². The molecule has 86 valence electrons. The minimum atomic E-state index is 0.179. The Morgan fingerprint density at radius 3 is 2.53 bits per heavy atom. The lowest BCUT2D eigenvalue weighted by molar-refractivity contribution is 0.178. The second-order valence-electron chi connectivity index (χ2n) is 3.75. The Labute approximate surface area is 90.9 Å². The molecule has 0 aliphatic carbocycles. The molecule has 1 aromatic rings. The number of nitrogens with zero attached hydrogens (tertiary/aromatic N) is 2. The van der Waals surface area contributed by atoms with Crippen LogP contribution in [0, 0.1) is 13.8 Å². The van der Waals surface area contributed by atoms with E-state index in [2.05, 4.69) is 16.8 Å². The van der Waals surface area contributed by atoms with Crippen molar-refractivity contribution in [2.24, 2.45) is 0 Å². The highest BCUT2D eigenvalue weighted by atomic mass is 16.4. The summed E-state index contributed by atoms with van der Waals surface area (Å²) < 4.78 is 5.50. The third-order valence-corrected chi connectivity index (χ3v) is 2.39. The van der Waals surface area contributed by atoms with Crippen LogP contribution in [0.15, 0.2) is 4.42 Å². The van der Waals surface area contributed by atoms with E-state index in [-0.39, 0.29) is 6.61 Å². The van der Waals surface area contributed by atoms with E-state index < -0.39 is 0 Å². The van der Waals surface area contributed by atoms with Crippen molar-refractivity contribution in [2.75, 3.05) is 19.7 Å². The van der Waals surface area contributed by atoms with Crippen LogP contribution in [0.4, 0.5) is 0 Å². The third kappa shape index (κ3) is 3.64. The van der Waals surface area contributed by atoms with Crippen LogP contribution in [-0.4, -0.2) is 34.7 Å². The smallest absolute Gasteiger partial charge is 0.208 e. The average Bonchev–Trinajstić information content (AvgIpc) is 2.47. The van der Waals surface area contributed by atoms with E-state index in [1.807, 2.05) is 13.8 Å². The Balaban J connectivity index is 2.56. The van der Waals surface area contributed by atoms with E-state index >= 15 is 0 Å². The fourth-order valence-electron chi connectivity index (χ4n) is 1.53. The molecule has 15 heavy (non-hydrogen) atoms. The van der Waals surface area contributed by atoms with Gasteiger partial charge in [0.05, 0.1) is 18.8 Å². The summed E-state index contributed by atoms with van der Waals surface area (Å²) in [5, 5.41) is 8.91. The molecule has 0 spiro atoms. The third-order valence-electron chi connectivity index (χ3n) is 2.39. The molecular weight excluding hydrogens is 192 g/mol. The number of rotatable bonds is 6. The molecule has 0 fully saturated rings. The predicted octanol–water partition coefficient (Wildman–Crippen LogP) is 1.50. The van der Waals surface area contributed by atoms with Gasteiger partial charge in [0.1, 0.15) is 5.76 Å².